The van der Waals surface area contributed by atoms with Crippen LogP contribution in [0.15, 0.2) is 50.4 Å². The predicted octanol–water partition coefficient (Wildman–Crippen LogP) is 5.41. The summed E-state index contributed by atoms with van der Waals surface area (Å²) in [4.78, 5) is 12.3. The molecule has 0 aliphatic carbocycles. The van der Waals surface area contributed by atoms with E-state index in [1.807, 2.05) is 13.8 Å². The lowest BCUT2D eigenvalue weighted by molar-refractivity contribution is 0.0929. The van der Waals surface area contributed by atoms with E-state index in [2.05, 4.69) is 26.5 Å². The average molecular weight is 466 g/mol. The Morgan fingerprint density at radius 2 is 1.89 bits per heavy atom. The van der Waals surface area contributed by atoms with Crippen LogP contribution in [-0.2, 0) is 0 Å². The monoisotopic (exact) mass is 464 g/mol. The second-order valence-corrected chi connectivity index (χ2v) is 6.97. The Bertz CT molecular complexity index is 1030. The Kier molecular flexibility index (Phi) is 6.59. The van der Waals surface area contributed by atoms with Crippen molar-refractivity contribution in [3.05, 3.63) is 57.2 Å². The standard InChI is InChI=1S/C20H18BrClN2O4/c1-3-26-17-9-13(15(21)10-18(17)27-4-2)11-23-24-20(25)19-8-12-7-14(22)5-6-16(12)28-19/h5-11H,3-4H2,1-2H3,(H,24,25)/b23-11+. The van der Waals surface area contributed by atoms with Gasteiger partial charge in [0.05, 0.1) is 19.4 Å². The lowest BCUT2D eigenvalue weighted by Gasteiger charge is -2.12. The number of rotatable bonds is 7. The topological polar surface area (TPSA) is 73.1 Å². The molecule has 0 spiro atoms. The van der Waals surface area contributed by atoms with Crippen molar-refractivity contribution < 1.29 is 18.7 Å². The molecule has 0 unspecified atom stereocenters. The molecule has 3 aromatic rings. The minimum Gasteiger partial charge on any atom is -0.490 e. The summed E-state index contributed by atoms with van der Waals surface area (Å²) < 4.78 is 17.5. The average Bonchev–Trinajstić information content (AvgIpc) is 3.08. The van der Waals surface area contributed by atoms with E-state index in [0.717, 1.165) is 15.4 Å². The fourth-order valence-corrected chi connectivity index (χ4v) is 3.13. The summed E-state index contributed by atoms with van der Waals surface area (Å²) in [6.07, 6.45) is 1.51. The highest BCUT2D eigenvalue weighted by molar-refractivity contribution is 9.10. The molecule has 0 saturated carbocycles. The summed E-state index contributed by atoms with van der Waals surface area (Å²) in [5.41, 5.74) is 3.76. The van der Waals surface area contributed by atoms with Crippen molar-refractivity contribution in [2.24, 2.45) is 5.10 Å². The van der Waals surface area contributed by atoms with Gasteiger partial charge < -0.3 is 13.9 Å². The van der Waals surface area contributed by atoms with Crippen molar-refractivity contribution in [1.82, 2.24) is 5.43 Å². The number of hydrogen-bond donors (Lipinski definition) is 1. The molecule has 2 aromatic carbocycles. The molecule has 1 aromatic heterocycles. The predicted molar refractivity (Wildman–Crippen MR) is 113 cm³/mol. The maximum Gasteiger partial charge on any atom is 0.307 e. The van der Waals surface area contributed by atoms with Gasteiger partial charge in [-0.3, -0.25) is 4.79 Å². The maximum absolute atomic E-state index is 12.3. The molecular weight excluding hydrogens is 448 g/mol. The normalized spacial score (nSPS) is 11.1. The van der Waals surface area contributed by atoms with Crippen LogP contribution in [0.4, 0.5) is 0 Å². The number of hydrazone groups is 1. The van der Waals surface area contributed by atoms with E-state index in [9.17, 15) is 4.79 Å². The van der Waals surface area contributed by atoms with E-state index in [-0.39, 0.29) is 5.76 Å². The lowest BCUT2D eigenvalue weighted by Crippen LogP contribution is -2.16. The van der Waals surface area contributed by atoms with Crippen LogP contribution in [-0.4, -0.2) is 25.3 Å². The van der Waals surface area contributed by atoms with E-state index < -0.39 is 5.91 Å². The fourth-order valence-electron chi connectivity index (χ4n) is 2.53. The van der Waals surface area contributed by atoms with Crippen molar-refractivity contribution >= 4 is 50.6 Å². The van der Waals surface area contributed by atoms with Gasteiger partial charge in [-0.1, -0.05) is 11.6 Å². The molecule has 6 nitrogen and oxygen atoms in total. The van der Waals surface area contributed by atoms with Gasteiger partial charge in [-0.15, -0.1) is 0 Å². The highest BCUT2D eigenvalue weighted by Crippen LogP contribution is 2.33. The third-order valence-corrected chi connectivity index (χ3v) is 4.66. The Hall–Kier alpha value is -2.51. The van der Waals surface area contributed by atoms with Crippen LogP contribution in [0.3, 0.4) is 0 Å². The van der Waals surface area contributed by atoms with Crippen LogP contribution in [0.5, 0.6) is 11.5 Å². The van der Waals surface area contributed by atoms with Gasteiger partial charge >= 0.3 is 5.91 Å². The van der Waals surface area contributed by atoms with E-state index in [4.69, 9.17) is 25.5 Å². The van der Waals surface area contributed by atoms with Crippen molar-refractivity contribution in [2.45, 2.75) is 13.8 Å². The highest BCUT2D eigenvalue weighted by Gasteiger charge is 2.13. The molecule has 1 amide bonds. The molecule has 0 fully saturated rings. The number of amides is 1. The molecule has 0 aliphatic rings. The minimum atomic E-state index is -0.462. The molecule has 0 radical (unpaired) electrons. The number of halogens is 2. The van der Waals surface area contributed by atoms with Gasteiger partial charge in [0, 0.05) is 20.4 Å². The molecule has 1 heterocycles. The highest BCUT2D eigenvalue weighted by atomic mass is 79.9. The first kappa shape index (κ1) is 20.2. The number of nitrogens with zero attached hydrogens (tertiary/aromatic N) is 1. The number of fused-ring (bicyclic) bond motifs is 1. The van der Waals surface area contributed by atoms with Crippen molar-refractivity contribution in [2.75, 3.05) is 13.2 Å². The van der Waals surface area contributed by atoms with E-state index in [1.165, 1.54) is 6.21 Å². The van der Waals surface area contributed by atoms with Crippen LogP contribution in [0.25, 0.3) is 11.0 Å². The van der Waals surface area contributed by atoms with Gasteiger partial charge in [0.2, 0.25) is 0 Å². The van der Waals surface area contributed by atoms with Gasteiger partial charge in [0.15, 0.2) is 17.3 Å². The zero-order chi connectivity index (χ0) is 20.1. The quantitative estimate of drug-likeness (QED) is 0.374. The van der Waals surface area contributed by atoms with Crippen LogP contribution < -0.4 is 14.9 Å². The molecule has 0 saturated heterocycles. The summed E-state index contributed by atoms with van der Waals surface area (Å²) in [6, 6.07) is 10.4. The van der Waals surface area contributed by atoms with Crippen molar-refractivity contribution in [3.8, 4) is 11.5 Å². The molecule has 8 heteroatoms. The van der Waals surface area contributed by atoms with Crippen molar-refractivity contribution in [3.63, 3.8) is 0 Å². The zero-order valence-corrected chi connectivity index (χ0v) is 17.6. The second kappa shape index (κ2) is 9.12. The summed E-state index contributed by atoms with van der Waals surface area (Å²) in [5.74, 6) is 0.929. The summed E-state index contributed by atoms with van der Waals surface area (Å²) in [6.45, 7) is 4.83. The van der Waals surface area contributed by atoms with Crippen LogP contribution in [0, 0.1) is 0 Å². The third kappa shape index (κ3) is 4.66. The zero-order valence-electron chi connectivity index (χ0n) is 15.3. The Morgan fingerprint density at radius 3 is 2.61 bits per heavy atom. The molecule has 3 rings (SSSR count). The van der Waals surface area contributed by atoms with Gasteiger partial charge in [0.1, 0.15) is 5.58 Å². The van der Waals surface area contributed by atoms with Gasteiger partial charge in [-0.2, -0.15) is 5.10 Å². The number of carbonyl (C=O) groups is 1. The summed E-state index contributed by atoms with van der Waals surface area (Å²) in [5, 5.41) is 5.33. The molecule has 0 bridgehead atoms. The number of carbonyl (C=O) groups excluding carboxylic acids is 1. The second-order valence-electron chi connectivity index (χ2n) is 5.68. The van der Waals surface area contributed by atoms with Crippen LogP contribution in [0.2, 0.25) is 5.02 Å². The third-order valence-electron chi connectivity index (χ3n) is 3.73. The largest absolute Gasteiger partial charge is 0.490 e. The molecule has 0 aliphatic heterocycles. The summed E-state index contributed by atoms with van der Waals surface area (Å²) in [7, 11) is 0. The Morgan fingerprint density at radius 1 is 1.18 bits per heavy atom. The van der Waals surface area contributed by atoms with E-state index in [0.29, 0.717) is 35.3 Å². The number of benzene rings is 2. The van der Waals surface area contributed by atoms with Crippen molar-refractivity contribution in [1.29, 1.82) is 0 Å². The Balaban J connectivity index is 1.75. The molecule has 1 N–H and O–H groups in total. The number of furan rings is 1. The van der Waals surface area contributed by atoms with Gasteiger partial charge in [-0.05, 0) is 66.2 Å². The first-order chi connectivity index (χ1) is 13.5. The maximum atomic E-state index is 12.3. The van der Waals surface area contributed by atoms with E-state index in [1.54, 1.807) is 36.4 Å². The first-order valence-corrected chi connectivity index (χ1v) is 9.80. The fraction of sp³-hybridized carbons (Fsp3) is 0.200. The first-order valence-electron chi connectivity index (χ1n) is 8.63. The number of nitrogens with one attached hydrogen (secondary N) is 1. The SMILES string of the molecule is CCOc1cc(Br)c(/C=N/NC(=O)c2cc3cc(Cl)ccc3o2)cc1OCC. The molecule has 28 heavy (non-hydrogen) atoms. The summed E-state index contributed by atoms with van der Waals surface area (Å²) >= 11 is 9.42. The molecule has 146 valence electrons. The molecular formula is C20H18BrClN2O4. The lowest BCUT2D eigenvalue weighted by atomic mass is 10.2. The van der Waals surface area contributed by atoms with Crippen LogP contribution >= 0.6 is 27.5 Å². The minimum absolute atomic E-state index is 0.148. The number of ether oxygens (including phenoxy) is 2. The Labute approximate surface area is 175 Å². The van der Waals surface area contributed by atoms with Gasteiger partial charge in [0.25, 0.3) is 0 Å². The molecule has 0 atom stereocenters. The number of hydrogen-bond acceptors (Lipinski definition) is 5. The van der Waals surface area contributed by atoms with Gasteiger partial charge in [-0.25, -0.2) is 5.43 Å². The van der Waals surface area contributed by atoms with E-state index >= 15 is 0 Å². The van der Waals surface area contributed by atoms with Crippen LogP contribution in [0.1, 0.15) is 30.0 Å². The smallest absolute Gasteiger partial charge is 0.307 e.